The van der Waals surface area contributed by atoms with Crippen LogP contribution in [0.4, 0.5) is 0 Å². The van der Waals surface area contributed by atoms with Gasteiger partial charge in [0, 0.05) is 19.1 Å². The fraction of sp³-hybridized carbons (Fsp3) is 0.818. The minimum absolute atomic E-state index is 0.0370. The second-order valence-electron chi connectivity index (χ2n) is 4.18. The van der Waals surface area contributed by atoms with Gasteiger partial charge in [0.1, 0.15) is 0 Å². The molecule has 2 atom stereocenters. The highest BCUT2D eigenvalue weighted by atomic mass is 32.1. The molecule has 1 saturated heterocycles. The number of hydrogen-bond acceptors (Lipinski definition) is 3. The van der Waals surface area contributed by atoms with Gasteiger partial charge in [-0.05, 0) is 19.3 Å². The molecule has 16 heavy (non-hydrogen) atoms. The molecular formula is C11H20N2O2S. The molecule has 2 unspecified atom stereocenters. The highest BCUT2D eigenvalue weighted by Crippen LogP contribution is 2.15. The van der Waals surface area contributed by atoms with Gasteiger partial charge < -0.3 is 15.8 Å². The predicted molar refractivity (Wildman–Crippen MR) is 67.2 cm³/mol. The quantitative estimate of drug-likeness (QED) is 0.687. The molecule has 0 spiro atoms. The first-order chi connectivity index (χ1) is 7.61. The Morgan fingerprint density at radius 3 is 2.94 bits per heavy atom. The zero-order valence-electron chi connectivity index (χ0n) is 9.70. The predicted octanol–water partition coefficient (Wildman–Crippen LogP) is 1.13. The number of ether oxygens (including phenoxy) is 1. The molecule has 0 radical (unpaired) electrons. The Morgan fingerprint density at radius 2 is 2.44 bits per heavy atom. The highest BCUT2D eigenvalue weighted by molar-refractivity contribution is 7.80. The first-order valence-electron chi connectivity index (χ1n) is 5.81. The molecule has 1 aliphatic heterocycles. The lowest BCUT2D eigenvalue weighted by atomic mass is 10.1. The van der Waals surface area contributed by atoms with Gasteiger partial charge in [-0.2, -0.15) is 0 Å². The van der Waals surface area contributed by atoms with Crippen LogP contribution in [0.2, 0.25) is 0 Å². The van der Waals surface area contributed by atoms with Crippen molar-refractivity contribution >= 4 is 23.1 Å². The van der Waals surface area contributed by atoms with Crippen LogP contribution >= 0.6 is 12.2 Å². The third kappa shape index (κ3) is 4.90. The molecule has 0 aromatic carbocycles. The molecule has 0 saturated carbocycles. The molecule has 0 aromatic heterocycles. The maximum absolute atomic E-state index is 11.7. The van der Waals surface area contributed by atoms with Crippen molar-refractivity contribution in [2.45, 2.75) is 51.2 Å². The normalized spacial score (nSPS) is 21.7. The van der Waals surface area contributed by atoms with Crippen LogP contribution in [0.3, 0.4) is 0 Å². The number of rotatable bonds is 6. The number of nitrogens with two attached hydrogens (primary N) is 1. The Bertz CT molecular complexity index is 252. The van der Waals surface area contributed by atoms with E-state index < -0.39 is 0 Å². The molecule has 1 aliphatic rings. The molecule has 3 N–H and O–H groups in total. The summed E-state index contributed by atoms with van der Waals surface area (Å²) in [5.74, 6) is 0.0370. The maximum Gasteiger partial charge on any atom is 0.222 e. The van der Waals surface area contributed by atoms with E-state index in [2.05, 4.69) is 5.32 Å². The molecular weight excluding hydrogens is 224 g/mol. The summed E-state index contributed by atoms with van der Waals surface area (Å²) in [5, 5.41) is 2.94. The molecule has 1 amide bonds. The van der Waals surface area contributed by atoms with Gasteiger partial charge in [-0.25, -0.2) is 0 Å². The number of hydrogen-bond donors (Lipinski definition) is 2. The SMILES string of the molecule is CCC(CC(N)=S)NC(=O)CC1CCCO1. The molecule has 4 nitrogen and oxygen atoms in total. The second kappa shape index (κ2) is 6.81. The average Bonchev–Trinajstić information content (AvgIpc) is 2.68. The summed E-state index contributed by atoms with van der Waals surface area (Å²) in [6, 6.07) is 0.0615. The van der Waals surface area contributed by atoms with E-state index in [1.165, 1.54) is 0 Å². The van der Waals surface area contributed by atoms with Gasteiger partial charge in [-0.15, -0.1) is 0 Å². The zero-order chi connectivity index (χ0) is 12.0. The topological polar surface area (TPSA) is 64.3 Å². The van der Waals surface area contributed by atoms with Crippen LogP contribution < -0.4 is 11.1 Å². The van der Waals surface area contributed by atoms with Crippen molar-refractivity contribution < 1.29 is 9.53 Å². The molecule has 0 aliphatic carbocycles. The number of nitrogens with one attached hydrogen (secondary N) is 1. The van der Waals surface area contributed by atoms with E-state index in [-0.39, 0.29) is 18.1 Å². The van der Waals surface area contributed by atoms with Gasteiger partial charge in [0.15, 0.2) is 0 Å². The minimum atomic E-state index is 0.0370. The Morgan fingerprint density at radius 1 is 1.69 bits per heavy atom. The van der Waals surface area contributed by atoms with Crippen LogP contribution in [0.1, 0.15) is 39.0 Å². The highest BCUT2D eigenvalue weighted by Gasteiger charge is 2.20. The molecule has 92 valence electrons. The Hall–Kier alpha value is -0.680. The minimum Gasteiger partial charge on any atom is -0.393 e. The molecule has 1 fully saturated rings. The van der Waals surface area contributed by atoms with E-state index in [1.807, 2.05) is 6.92 Å². The smallest absolute Gasteiger partial charge is 0.222 e. The molecule has 5 heteroatoms. The van der Waals surface area contributed by atoms with Crippen molar-refractivity contribution in [3.05, 3.63) is 0 Å². The lowest BCUT2D eigenvalue weighted by Gasteiger charge is -2.17. The van der Waals surface area contributed by atoms with Crippen molar-refractivity contribution in [3.63, 3.8) is 0 Å². The monoisotopic (exact) mass is 244 g/mol. The second-order valence-corrected chi connectivity index (χ2v) is 4.71. The van der Waals surface area contributed by atoms with Crippen molar-refractivity contribution in [2.75, 3.05) is 6.61 Å². The fourth-order valence-electron chi connectivity index (χ4n) is 1.84. The van der Waals surface area contributed by atoms with Crippen LogP contribution in [-0.4, -0.2) is 29.6 Å². The van der Waals surface area contributed by atoms with Crippen LogP contribution in [0.25, 0.3) is 0 Å². The first kappa shape index (κ1) is 13.4. The summed E-state index contributed by atoms with van der Waals surface area (Å²) < 4.78 is 5.41. The van der Waals surface area contributed by atoms with E-state index in [9.17, 15) is 4.79 Å². The molecule has 1 rings (SSSR count). The van der Waals surface area contributed by atoms with Crippen molar-refractivity contribution in [2.24, 2.45) is 5.73 Å². The zero-order valence-corrected chi connectivity index (χ0v) is 10.5. The Labute approximate surface area is 102 Å². The summed E-state index contributed by atoms with van der Waals surface area (Å²) in [4.78, 5) is 12.1. The van der Waals surface area contributed by atoms with Crippen molar-refractivity contribution in [3.8, 4) is 0 Å². The van der Waals surface area contributed by atoms with E-state index in [0.717, 1.165) is 25.9 Å². The van der Waals surface area contributed by atoms with Crippen LogP contribution in [0.5, 0.6) is 0 Å². The Balaban J connectivity index is 2.27. The van der Waals surface area contributed by atoms with Gasteiger partial charge in [-0.1, -0.05) is 19.1 Å². The largest absolute Gasteiger partial charge is 0.393 e. The van der Waals surface area contributed by atoms with Gasteiger partial charge in [0.25, 0.3) is 0 Å². The van der Waals surface area contributed by atoms with Crippen LogP contribution in [0.15, 0.2) is 0 Å². The molecule has 0 bridgehead atoms. The molecule has 1 heterocycles. The summed E-state index contributed by atoms with van der Waals surface area (Å²) in [7, 11) is 0. The summed E-state index contributed by atoms with van der Waals surface area (Å²) >= 11 is 4.84. The van der Waals surface area contributed by atoms with Gasteiger partial charge >= 0.3 is 0 Å². The summed E-state index contributed by atoms with van der Waals surface area (Å²) in [5.41, 5.74) is 5.46. The number of carbonyl (C=O) groups excluding carboxylic acids is 1. The van der Waals surface area contributed by atoms with Gasteiger partial charge in [0.05, 0.1) is 17.5 Å². The van der Waals surface area contributed by atoms with Crippen molar-refractivity contribution in [1.82, 2.24) is 5.32 Å². The maximum atomic E-state index is 11.7. The number of carbonyl (C=O) groups is 1. The molecule has 0 aromatic rings. The number of amides is 1. The van der Waals surface area contributed by atoms with Crippen molar-refractivity contribution in [1.29, 1.82) is 0 Å². The summed E-state index contributed by atoms with van der Waals surface area (Å²) in [6.07, 6.45) is 4.01. The van der Waals surface area contributed by atoms with E-state index in [1.54, 1.807) is 0 Å². The summed E-state index contributed by atoms with van der Waals surface area (Å²) in [6.45, 7) is 2.79. The fourth-order valence-corrected chi connectivity index (χ4v) is 2.04. The third-order valence-corrected chi connectivity index (χ3v) is 2.91. The lowest BCUT2D eigenvalue weighted by molar-refractivity contribution is -0.123. The standard InChI is InChI=1S/C11H20N2O2S/c1-2-8(6-10(12)16)13-11(14)7-9-4-3-5-15-9/h8-9H,2-7H2,1H3,(H2,12,16)(H,13,14). The number of thiocarbonyl (C=S) groups is 1. The average molecular weight is 244 g/mol. The van der Waals surface area contributed by atoms with E-state index in [0.29, 0.717) is 17.8 Å². The van der Waals surface area contributed by atoms with Gasteiger partial charge in [0.2, 0.25) is 5.91 Å². The lowest BCUT2D eigenvalue weighted by Crippen LogP contribution is -2.38. The Kier molecular flexibility index (Phi) is 5.69. The third-order valence-electron chi connectivity index (χ3n) is 2.74. The van der Waals surface area contributed by atoms with Crippen LogP contribution in [0, 0.1) is 0 Å². The van der Waals surface area contributed by atoms with Gasteiger partial charge in [-0.3, -0.25) is 4.79 Å². The van der Waals surface area contributed by atoms with E-state index in [4.69, 9.17) is 22.7 Å². The van der Waals surface area contributed by atoms with Crippen LogP contribution in [-0.2, 0) is 9.53 Å². The van der Waals surface area contributed by atoms with E-state index >= 15 is 0 Å². The first-order valence-corrected chi connectivity index (χ1v) is 6.22.